The van der Waals surface area contributed by atoms with Gasteiger partial charge in [-0.15, -0.1) is 0 Å². The quantitative estimate of drug-likeness (QED) is 0.757. The number of nitriles is 1. The molecule has 1 amide bonds. The lowest BCUT2D eigenvalue weighted by atomic mass is 10.0. The topological polar surface area (TPSA) is 71.8 Å². The number of nitrogens with zero attached hydrogens (tertiary/aromatic N) is 2. The molecule has 6 heteroatoms. The number of hydrogen-bond donors (Lipinski definition) is 0. The van der Waals surface area contributed by atoms with E-state index in [0.717, 1.165) is 24.8 Å². The highest BCUT2D eigenvalue weighted by atomic mass is 16.6. The Hall–Kier alpha value is -2.42. The molecule has 2 unspecified atom stereocenters. The van der Waals surface area contributed by atoms with E-state index in [1.807, 2.05) is 18.2 Å². The summed E-state index contributed by atoms with van der Waals surface area (Å²) in [5, 5.41) is 9.35. The molecule has 1 aromatic carbocycles. The van der Waals surface area contributed by atoms with Crippen LogP contribution >= 0.6 is 0 Å². The molecule has 0 saturated heterocycles. The average molecular weight is 346 g/mol. The molecular formula is C19H26N2O4. The van der Waals surface area contributed by atoms with Crippen molar-refractivity contribution >= 4 is 6.09 Å². The van der Waals surface area contributed by atoms with E-state index in [-0.39, 0.29) is 18.1 Å². The lowest BCUT2D eigenvalue weighted by molar-refractivity contribution is 0.0863. The lowest BCUT2D eigenvalue weighted by Gasteiger charge is -2.30. The molecule has 0 radical (unpaired) electrons. The van der Waals surface area contributed by atoms with Crippen molar-refractivity contribution in [3.05, 3.63) is 23.8 Å². The molecule has 0 aliphatic heterocycles. The first-order chi connectivity index (χ1) is 12.1. The maximum Gasteiger partial charge on any atom is 0.410 e. The molecule has 1 fully saturated rings. The van der Waals surface area contributed by atoms with Gasteiger partial charge in [0, 0.05) is 6.54 Å². The molecule has 0 N–H and O–H groups in total. The Labute approximate surface area is 149 Å². The van der Waals surface area contributed by atoms with Crippen LogP contribution in [0, 0.1) is 17.2 Å². The molecule has 0 heterocycles. The fourth-order valence-electron chi connectivity index (χ4n) is 3.35. The molecular weight excluding hydrogens is 320 g/mol. The Morgan fingerprint density at radius 3 is 2.68 bits per heavy atom. The number of benzene rings is 1. The maximum atomic E-state index is 12.4. The molecule has 136 valence electrons. The molecule has 0 bridgehead atoms. The summed E-state index contributed by atoms with van der Waals surface area (Å²) < 4.78 is 15.8. The third kappa shape index (κ3) is 4.56. The number of rotatable bonds is 7. The van der Waals surface area contributed by atoms with E-state index >= 15 is 0 Å². The van der Waals surface area contributed by atoms with Crippen molar-refractivity contribution in [1.82, 2.24) is 4.90 Å². The average Bonchev–Trinajstić information content (AvgIpc) is 3.10. The molecule has 6 nitrogen and oxygen atoms in total. The summed E-state index contributed by atoms with van der Waals surface area (Å²) in [4.78, 5) is 14.1. The predicted octanol–water partition coefficient (Wildman–Crippen LogP) is 3.40. The number of amides is 1. The van der Waals surface area contributed by atoms with Gasteiger partial charge in [0.05, 0.1) is 38.9 Å². The molecule has 0 spiro atoms. The number of carbonyl (C=O) groups is 1. The van der Waals surface area contributed by atoms with Crippen molar-refractivity contribution < 1.29 is 19.0 Å². The second kappa shape index (κ2) is 9.16. The van der Waals surface area contributed by atoms with E-state index in [1.54, 1.807) is 26.0 Å². The Morgan fingerprint density at radius 1 is 1.28 bits per heavy atom. The van der Waals surface area contributed by atoms with Crippen LogP contribution < -0.4 is 9.47 Å². The van der Waals surface area contributed by atoms with Gasteiger partial charge in [-0.3, -0.25) is 0 Å². The van der Waals surface area contributed by atoms with Crippen molar-refractivity contribution in [3.63, 3.8) is 0 Å². The maximum absolute atomic E-state index is 12.4. The highest BCUT2D eigenvalue weighted by molar-refractivity contribution is 5.68. The monoisotopic (exact) mass is 346 g/mol. The molecule has 1 aliphatic rings. The van der Waals surface area contributed by atoms with Crippen molar-refractivity contribution in [2.75, 3.05) is 27.4 Å². The number of carbonyl (C=O) groups excluding carboxylic acids is 1. The van der Waals surface area contributed by atoms with E-state index in [2.05, 4.69) is 6.07 Å². The van der Waals surface area contributed by atoms with Crippen LogP contribution in [0.2, 0.25) is 0 Å². The van der Waals surface area contributed by atoms with Gasteiger partial charge >= 0.3 is 6.09 Å². The first-order valence-corrected chi connectivity index (χ1v) is 8.68. The second-order valence-electron chi connectivity index (χ2n) is 6.07. The molecule has 1 aromatic rings. The minimum atomic E-state index is -0.338. The predicted molar refractivity (Wildman–Crippen MR) is 93.7 cm³/mol. The van der Waals surface area contributed by atoms with Crippen LogP contribution in [0.25, 0.3) is 0 Å². The summed E-state index contributed by atoms with van der Waals surface area (Å²) in [6.07, 6.45) is 2.98. The minimum Gasteiger partial charge on any atom is -0.493 e. The Balaban J connectivity index is 2.12. The first kappa shape index (κ1) is 18.9. The summed E-state index contributed by atoms with van der Waals surface area (Å²) >= 11 is 0. The molecule has 1 saturated carbocycles. The Kier molecular flexibility index (Phi) is 6.93. The van der Waals surface area contributed by atoms with Crippen LogP contribution in [0.1, 0.15) is 31.7 Å². The summed E-state index contributed by atoms with van der Waals surface area (Å²) in [5.74, 6) is 1.22. The van der Waals surface area contributed by atoms with Gasteiger partial charge in [0.1, 0.15) is 0 Å². The molecule has 1 aliphatic carbocycles. The second-order valence-corrected chi connectivity index (χ2v) is 6.07. The zero-order valence-electron chi connectivity index (χ0n) is 15.2. The number of ether oxygens (including phenoxy) is 3. The normalized spacial score (nSPS) is 19.1. The highest BCUT2D eigenvalue weighted by Gasteiger charge is 2.35. The third-order valence-electron chi connectivity index (χ3n) is 4.64. The van der Waals surface area contributed by atoms with Gasteiger partial charge in [0.15, 0.2) is 11.5 Å². The van der Waals surface area contributed by atoms with E-state index in [4.69, 9.17) is 14.2 Å². The Morgan fingerprint density at radius 2 is 2.04 bits per heavy atom. The van der Waals surface area contributed by atoms with E-state index in [1.165, 1.54) is 0 Å². The summed E-state index contributed by atoms with van der Waals surface area (Å²) in [5.41, 5.74) is 1.04. The van der Waals surface area contributed by atoms with Crippen LogP contribution in [-0.4, -0.2) is 44.4 Å². The van der Waals surface area contributed by atoms with Crippen LogP contribution in [0.3, 0.4) is 0 Å². The molecule has 2 rings (SSSR count). The summed E-state index contributed by atoms with van der Waals surface area (Å²) in [6.45, 7) is 2.63. The lowest BCUT2D eigenvalue weighted by Crippen LogP contribution is -2.43. The summed E-state index contributed by atoms with van der Waals surface area (Å²) in [6, 6.07) is 8.00. The molecule has 0 aromatic heterocycles. The zero-order valence-corrected chi connectivity index (χ0v) is 15.2. The van der Waals surface area contributed by atoms with E-state index in [9.17, 15) is 10.1 Å². The van der Waals surface area contributed by atoms with Gasteiger partial charge in [-0.05, 0) is 50.3 Å². The largest absolute Gasteiger partial charge is 0.493 e. The van der Waals surface area contributed by atoms with Gasteiger partial charge in [-0.1, -0.05) is 6.07 Å². The highest BCUT2D eigenvalue weighted by Crippen LogP contribution is 2.31. The van der Waals surface area contributed by atoms with Crippen molar-refractivity contribution in [3.8, 4) is 17.6 Å². The zero-order chi connectivity index (χ0) is 18.2. The van der Waals surface area contributed by atoms with Gasteiger partial charge < -0.3 is 19.1 Å². The van der Waals surface area contributed by atoms with Crippen LogP contribution in [0.5, 0.6) is 11.5 Å². The first-order valence-electron chi connectivity index (χ1n) is 8.68. The number of methoxy groups -OCH3 is 2. The van der Waals surface area contributed by atoms with E-state index in [0.29, 0.717) is 31.1 Å². The van der Waals surface area contributed by atoms with Crippen LogP contribution in [0.4, 0.5) is 4.79 Å². The van der Waals surface area contributed by atoms with Gasteiger partial charge in [0.2, 0.25) is 0 Å². The van der Waals surface area contributed by atoms with Gasteiger partial charge in [-0.2, -0.15) is 5.26 Å². The SMILES string of the molecule is CCOC(=O)N(CCc1ccc(OC)c(OC)c1)C1CCCC1C#N. The van der Waals surface area contributed by atoms with Crippen molar-refractivity contribution in [2.24, 2.45) is 5.92 Å². The smallest absolute Gasteiger partial charge is 0.410 e. The van der Waals surface area contributed by atoms with Crippen LogP contribution in [0.15, 0.2) is 18.2 Å². The molecule has 25 heavy (non-hydrogen) atoms. The van der Waals surface area contributed by atoms with Gasteiger partial charge in [0.25, 0.3) is 0 Å². The van der Waals surface area contributed by atoms with E-state index < -0.39 is 0 Å². The third-order valence-corrected chi connectivity index (χ3v) is 4.64. The van der Waals surface area contributed by atoms with Gasteiger partial charge in [-0.25, -0.2) is 4.79 Å². The summed E-state index contributed by atoms with van der Waals surface area (Å²) in [7, 11) is 3.20. The van der Waals surface area contributed by atoms with Crippen molar-refractivity contribution in [2.45, 2.75) is 38.6 Å². The number of hydrogen-bond acceptors (Lipinski definition) is 5. The van der Waals surface area contributed by atoms with Crippen molar-refractivity contribution in [1.29, 1.82) is 5.26 Å². The fourth-order valence-corrected chi connectivity index (χ4v) is 3.35. The standard InChI is InChI=1S/C19H26N2O4/c1-4-25-19(22)21(16-7-5-6-15(16)13-20)11-10-14-8-9-17(23-2)18(12-14)24-3/h8-9,12,15-16H,4-7,10-11H2,1-3H3. The Bertz CT molecular complexity index is 626. The molecule has 2 atom stereocenters. The van der Waals surface area contributed by atoms with Crippen LogP contribution in [-0.2, 0) is 11.2 Å². The fraction of sp³-hybridized carbons (Fsp3) is 0.579. The minimum absolute atomic E-state index is 0.0656.